The average Bonchev–Trinajstić information content (AvgIpc) is 2.70. The summed E-state index contributed by atoms with van der Waals surface area (Å²) in [6.45, 7) is 8.02. The second-order valence-electron chi connectivity index (χ2n) is 5.44. The van der Waals surface area contributed by atoms with Crippen molar-refractivity contribution < 1.29 is 0 Å². The van der Waals surface area contributed by atoms with Crippen LogP contribution in [0, 0.1) is 11.8 Å². The molecule has 3 heteroatoms. The molecule has 2 rings (SSSR count). The van der Waals surface area contributed by atoms with Crippen molar-refractivity contribution in [1.82, 2.24) is 5.32 Å². The number of rotatable bonds is 2. The lowest BCUT2D eigenvalue weighted by atomic mass is 9.80. The Bertz CT molecular complexity index is 265. The van der Waals surface area contributed by atoms with Crippen LogP contribution in [0.3, 0.4) is 0 Å². The monoisotopic (exact) mass is 240 g/mol. The SMILES string of the molecule is CCC1CN=C(NC2CCC(C)CC2C)S1. The van der Waals surface area contributed by atoms with Crippen LogP contribution in [-0.2, 0) is 0 Å². The van der Waals surface area contributed by atoms with Gasteiger partial charge in [0, 0.05) is 11.3 Å². The Morgan fingerprint density at radius 3 is 2.81 bits per heavy atom. The molecule has 4 atom stereocenters. The van der Waals surface area contributed by atoms with Crippen molar-refractivity contribution in [2.24, 2.45) is 16.8 Å². The van der Waals surface area contributed by atoms with Crippen LogP contribution in [-0.4, -0.2) is 23.0 Å². The van der Waals surface area contributed by atoms with Gasteiger partial charge in [0.2, 0.25) is 0 Å². The number of amidine groups is 1. The molecule has 0 saturated heterocycles. The molecule has 1 N–H and O–H groups in total. The summed E-state index contributed by atoms with van der Waals surface area (Å²) in [6.07, 6.45) is 5.29. The zero-order valence-electron chi connectivity index (χ0n) is 10.7. The van der Waals surface area contributed by atoms with E-state index >= 15 is 0 Å². The number of nitrogens with one attached hydrogen (secondary N) is 1. The molecule has 0 amide bonds. The van der Waals surface area contributed by atoms with Gasteiger partial charge in [-0.25, -0.2) is 0 Å². The van der Waals surface area contributed by atoms with E-state index in [0.717, 1.165) is 23.6 Å². The standard InChI is InChI=1S/C13H24N2S/c1-4-11-8-14-13(16-11)15-12-6-5-9(2)7-10(12)3/h9-12H,4-8H2,1-3H3,(H,14,15). The smallest absolute Gasteiger partial charge is 0.157 e. The summed E-state index contributed by atoms with van der Waals surface area (Å²) < 4.78 is 0. The van der Waals surface area contributed by atoms with Gasteiger partial charge >= 0.3 is 0 Å². The molecule has 2 aliphatic rings. The van der Waals surface area contributed by atoms with Gasteiger partial charge < -0.3 is 5.32 Å². The van der Waals surface area contributed by atoms with Crippen molar-refractivity contribution in [2.75, 3.05) is 6.54 Å². The van der Waals surface area contributed by atoms with E-state index in [9.17, 15) is 0 Å². The molecule has 0 aromatic heterocycles. The molecule has 1 aliphatic carbocycles. The highest BCUT2D eigenvalue weighted by atomic mass is 32.2. The fourth-order valence-electron chi connectivity index (χ4n) is 2.75. The third-order valence-electron chi connectivity index (χ3n) is 3.91. The van der Waals surface area contributed by atoms with E-state index in [1.807, 2.05) is 11.8 Å². The number of hydrogen-bond acceptors (Lipinski definition) is 3. The van der Waals surface area contributed by atoms with Gasteiger partial charge in [0.1, 0.15) is 0 Å². The molecule has 1 heterocycles. The number of aliphatic imine (C=N–C) groups is 1. The first-order valence-electron chi connectivity index (χ1n) is 6.66. The largest absolute Gasteiger partial charge is 0.362 e. The normalized spacial score (nSPS) is 39.6. The maximum Gasteiger partial charge on any atom is 0.157 e. The molecule has 92 valence electrons. The van der Waals surface area contributed by atoms with Crippen LogP contribution in [0.4, 0.5) is 0 Å². The highest BCUT2D eigenvalue weighted by Gasteiger charge is 2.27. The van der Waals surface area contributed by atoms with Crippen LogP contribution in [0.15, 0.2) is 4.99 Å². The Labute approximate surface area is 104 Å². The molecule has 0 aromatic carbocycles. The van der Waals surface area contributed by atoms with Crippen LogP contribution < -0.4 is 5.32 Å². The Hall–Kier alpha value is -0.180. The minimum absolute atomic E-state index is 0.665. The molecular formula is C13H24N2S. The Balaban J connectivity index is 1.82. The van der Waals surface area contributed by atoms with Crippen LogP contribution in [0.1, 0.15) is 46.5 Å². The minimum atomic E-state index is 0.665. The third kappa shape index (κ3) is 2.93. The van der Waals surface area contributed by atoms with Gasteiger partial charge in [-0.05, 0) is 37.5 Å². The Kier molecular flexibility index (Phi) is 4.17. The maximum atomic E-state index is 4.60. The summed E-state index contributed by atoms with van der Waals surface area (Å²) in [7, 11) is 0. The van der Waals surface area contributed by atoms with Crippen LogP contribution >= 0.6 is 11.8 Å². The molecule has 0 spiro atoms. The van der Waals surface area contributed by atoms with Gasteiger partial charge in [0.05, 0.1) is 6.54 Å². The highest BCUT2D eigenvalue weighted by molar-refractivity contribution is 8.14. The Morgan fingerprint density at radius 2 is 2.19 bits per heavy atom. The fourth-order valence-corrected chi connectivity index (χ4v) is 3.75. The lowest BCUT2D eigenvalue weighted by Gasteiger charge is -2.33. The van der Waals surface area contributed by atoms with Crippen molar-refractivity contribution in [3.05, 3.63) is 0 Å². The molecular weight excluding hydrogens is 216 g/mol. The molecule has 2 nitrogen and oxygen atoms in total. The zero-order chi connectivity index (χ0) is 11.5. The predicted molar refractivity (Wildman–Crippen MR) is 73.1 cm³/mol. The summed E-state index contributed by atoms with van der Waals surface area (Å²) in [5.74, 6) is 1.71. The second-order valence-corrected chi connectivity index (χ2v) is 6.73. The summed E-state index contributed by atoms with van der Waals surface area (Å²) in [5, 5.41) is 5.59. The fraction of sp³-hybridized carbons (Fsp3) is 0.923. The van der Waals surface area contributed by atoms with Crippen LogP contribution in [0.5, 0.6) is 0 Å². The van der Waals surface area contributed by atoms with Gasteiger partial charge in [0.25, 0.3) is 0 Å². The molecule has 16 heavy (non-hydrogen) atoms. The van der Waals surface area contributed by atoms with Crippen LogP contribution in [0.2, 0.25) is 0 Å². The molecule has 4 unspecified atom stereocenters. The van der Waals surface area contributed by atoms with E-state index in [1.54, 1.807) is 0 Å². The first-order valence-corrected chi connectivity index (χ1v) is 7.54. The lowest BCUT2D eigenvalue weighted by Crippen LogP contribution is -2.41. The maximum absolute atomic E-state index is 4.60. The molecule has 0 aromatic rings. The highest BCUT2D eigenvalue weighted by Crippen LogP contribution is 2.30. The summed E-state index contributed by atoms with van der Waals surface area (Å²) in [6, 6.07) is 0.665. The van der Waals surface area contributed by atoms with Gasteiger partial charge in [-0.2, -0.15) is 0 Å². The zero-order valence-corrected chi connectivity index (χ0v) is 11.5. The lowest BCUT2D eigenvalue weighted by molar-refractivity contribution is 0.248. The van der Waals surface area contributed by atoms with Gasteiger partial charge in [-0.15, -0.1) is 0 Å². The van der Waals surface area contributed by atoms with Crippen molar-refractivity contribution in [2.45, 2.75) is 57.7 Å². The van der Waals surface area contributed by atoms with E-state index < -0.39 is 0 Å². The van der Waals surface area contributed by atoms with Crippen molar-refractivity contribution in [3.63, 3.8) is 0 Å². The summed E-state index contributed by atoms with van der Waals surface area (Å²) in [5.41, 5.74) is 0. The summed E-state index contributed by atoms with van der Waals surface area (Å²) in [4.78, 5) is 4.60. The van der Waals surface area contributed by atoms with Crippen molar-refractivity contribution >= 4 is 16.9 Å². The van der Waals surface area contributed by atoms with Gasteiger partial charge in [-0.1, -0.05) is 32.5 Å². The molecule has 0 bridgehead atoms. The van der Waals surface area contributed by atoms with E-state index in [0.29, 0.717) is 6.04 Å². The molecule has 0 radical (unpaired) electrons. The molecule has 1 fully saturated rings. The minimum Gasteiger partial charge on any atom is -0.362 e. The third-order valence-corrected chi connectivity index (χ3v) is 5.20. The average molecular weight is 240 g/mol. The molecule has 1 saturated carbocycles. The second kappa shape index (κ2) is 5.44. The first kappa shape index (κ1) is 12.3. The van der Waals surface area contributed by atoms with E-state index in [2.05, 4.69) is 31.1 Å². The van der Waals surface area contributed by atoms with Gasteiger partial charge in [-0.3, -0.25) is 4.99 Å². The van der Waals surface area contributed by atoms with Crippen molar-refractivity contribution in [3.8, 4) is 0 Å². The number of hydrogen-bond donors (Lipinski definition) is 1. The number of thioether (sulfide) groups is 1. The van der Waals surface area contributed by atoms with Crippen molar-refractivity contribution in [1.29, 1.82) is 0 Å². The van der Waals surface area contributed by atoms with E-state index in [-0.39, 0.29) is 0 Å². The Morgan fingerprint density at radius 1 is 1.38 bits per heavy atom. The van der Waals surface area contributed by atoms with Gasteiger partial charge in [0.15, 0.2) is 5.17 Å². The van der Waals surface area contributed by atoms with E-state index in [1.165, 1.54) is 30.9 Å². The summed E-state index contributed by atoms with van der Waals surface area (Å²) >= 11 is 1.95. The number of nitrogens with zero attached hydrogens (tertiary/aromatic N) is 1. The van der Waals surface area contributed by atoms with Crippen LogP contribution in [0.25, 0.3) is 0 Å². The first-order chi connectivity index (χ1) is 7.69. The van der Waals surface area contributed by atoms with E-state index in [4.69, 9.17) is 0 Å². The molecule has 1 aliphatic heterocycles. The quantitative estimate of drug-likeness (QED) is 0.801. The predicted octanol–water partition coefficient (Wildman–Crippen LogP) is 3.28. The topological polar surface area (TPSA) is 24.4 Å².